The fourth-order valence-corrected chi connectivity index (χ4v) is 7.52. The summed E-state index contributed by atoms with van der Waals surface area (Å²) in [6.07, 6.45) is 21.3. The zero-order chi connectivity index (χ0) is 43.7. The highest BCUT2D eigenvalue weighted by Crippen LogP contribution is 2.35. The lowest BCUT2D eigenvalue weighted by Crippen LogP contribution is -2.09. The molecular formula is C54H45N3O4S. The smallest absolute Gasteiger partial charge is 0.333 e. The number of aryl methyl sites for hydroxylation is 1. The average Bonchev–Trinajstić information content (AvgIpc) is 3.76. The van der Waals surface area contributed by atoms with E-state index >= 15 is 0 Å². The van der Waals surface area contributed by atoms with Crippen LogP contribution < -0.4 is 4.90 Å². The predicted molar refractivity (Wildman–Crippen MR) is 257 cm³/mol. The summed E-state index contributed by atoms with van der Waals surface area (Å²) in [6.45, 7) is 16.4. The Hall–Kier alpha value is -7.78. The normalized spacial score (nSPS) is 11.9. The molecule has 0 amide bonds. The minimum atomic E-state index is -1.25. The van der Waals surface area contributed by atoms with Gasteiger partial charge in [0.25, 0.3) is 11.4 Å². The molecule has 0 aliphatic rings. The lowest BCUT2D eigenvalue weighted by molar-refractivity contribution is -0.133. The Morgan fingerprint density at radius 3 is 1.21 bits per heavy atom. The van der Waals surface area contributed by atoms with Gasteiger partial charge in [0, 0.05) is 26.8 Å². The van der Waals surface area contributed by atoms with E-state index in [2.05, 4.69) is 119 Å². The van der Waals surface area contributed by atoms with Crippen molar-refractivity contribution >= 4 is 88.9 Å². The summed E-state index contributed by atoms with van der Waals surface area (Å²) in [5, 5.41) is 18.3. The average molecular weight is 832 g/mol. The highest BCUT2D eigenvalue weighted by atomic mass is 32.1. The molecule has 0 aliphatic heterocycles. The molecule has 62 heavy (non-hydrogen) atoms. The van der Waals surface area contributed by atoms with Gasteiger partial charge in [-0.25, -0.2) is 9.69 Å². The van der Waals surface area contributed by atoms with Gasteiger partial charge in [-0.3, -0.25) is 9.59 Å². The van der Waals surface area contributed by atoms with Crippen molar-refractivity contribution in [3.63, 3.8) is 0 Å². The van der Waals surface area contributed by atoms with Crippen LogP contribution in [0.3, 0.4) is 0 Å². The number of carboxylic acids is 2. The van der Waals surface area contributed by atoms with Gasteiger partial charge in [-0.1, -0.05) is 141 Å². The molecule has 0 radical (unpaired) electrons. The van der Waals surface area contributed by atoms with Crippen molar-refractivity contribution in [2.24, 2.45) is 0 Å². The Morgan fingerprint density at radius 2 is 0.855 bits per heavy atom. The molecule has 1 aromatic heterocycles. The first-order chi connectivity index (χ1) is 30.2. The number of hydrogen-bond donors (Lipinski definition) is 2. The van der Waals surface area contributed by atoms with Crippen LogP contribution in [-0.4, -0.2) is 22.2 Å². The molecule has 6 rings (SSSR count). The van der Waals surface area contributed by atoms with Crippen LogP contribution in [-0.2, 0) is 16.0 Å². The van der Waals surface area contributed by atoms with Gasteiger partial charge in [0.2, 0.25) is 0 Å². The Morgan fingerprint density at radius 1 is 0.500 bits per heavy atom. The second kappa shape index (κ2) is 22.0. The molecule has 0 bridgehead atoms. The zero-order valence-electron chi connectivity index (χ0n) is 34.3. The third-order valence-corrected chi connectivity index (χ3v) is 11.1. The lowest BCUT2D eigenvalue weighted by atomic mass is 10.1. The summed E-state index contributed by atoms with van der Waals surface area (Å²) >= 11 is 1.86. The number of benzene rings is 5. The van der Waals surface area contributed by atoms with Gasteiger partial charge in [-0.05, 0) is 119 Å². The molecule has 0 unspecified atom stereocenters. The first-order valence-corrected chi connectivity index (χ1v) is 21.1. The van der Waals surface area contributed by atoms with E-state index in [9.17, 15) is 9.59 Å². The quantitative estimate of drug-likeness (QED) is 0.0390. The fourth-order valence-electron chi connectivity index (χ4n) is 6.56. The van der Waals surface area contributed by atoms with Crippen molar-refractivity contribution in [3.05, 3.63) is 216 Å². The van der Waals surface area contributed by atoms with Crippen molar-refractivity contribution in [1.82, 2.24) is 0 Å². The minimum Gasteiger partial charge on any atom is -0.486 e. The molecule has 0 saturated heterocycles. The largest absolute Gasteiger partial charge is 0.486 e. The molecule has 306 valence electrons. The van der Waals surface area contributed by atoms with Gasteiger partial charge >= 0.3 is 11.9 Å². The van der Waals surface area contributed by atoms with E-state index in [-0.39, 0.29) is 11.4 Å². The number of anilines is 3. The van der Waals surface area contributed by atoms with Crippen LogP contribution in [0.4, 0.5) is 17.1 Å². The molecule has 6 aromatic rings. The van der Waals surface area contributed by atoms with Gasteiger partial charge in [0.15, 0.2) is 0 Å². The summed E-state index contributed by atoms with van der Waals surface area (Å²) < 4.78 is 0. The number of rotatable bonds is 18. The molecule has 8 heteroatoms. The molecule has 0 fully saturated rings. The third-order valence-electron chi connectivity index (χ3n) is 9.95. The van der Waals surface area contributed by atoms with Gasteiger partial charge < -0.3 is 15.1 Å². The molecule has 5 aromatic carbocycles. The van der Waals surface area contributed by atoms with Crippen molar-refractivity contribution in [2.75, 3.05) is 4.90 Å². The second-order valence-electron chi connectivity index (χ2n) is 14.5. The second-order valence-corrected chi connectivity index (χ2v) is 15.7. The van der Waals surface area contributed by atoms with E-state index in [1.165, 1.54) is 47.6 Å². The first kappa shape index (κ1) is 43.8. The summed E-state index contributed by atoms with van der Waals surface area (Å²) in [5.41, 5.74) is 8.64. The zero-order valence-corrected chi connectivity index (χ0v) is 35.1. The SMILES string of the molecule is [C-]#[N+]/C(=C\c1ccc(/C=C/c2ccc(N(c3ccc(/C=C/c4ccc(/C=C(\[N+]#[C-])C(=O)O)cc4)cc3)c3ccc(/C=C/c4ccc(CCCCCC)s4)cc3)cc2)cc1)C(=O)O. The van der Waals surface area contributed by atoms with Crippen molar-refractivity contribution < 1.29 is 19.8 Å². The molecule has 7 nitrogen and oxygen atoms in total. The van der Waals surface area contributed by atoms with E-state index in [0.29, 0.717) is 11.1 Å². The van der Waals surface area contributed by atoms with Crippen LogP contribution in [0, 0.1) is 13.1 Å². The van der Waals surface area contributed by atoms with Crippen LogP contribution in [0.5, 0.6) is 0 Å². The summed E-state index contributed by atoms with van der Waals surface area (Å²) in [6, 6.07) is 44.4. The Labute approximate surface area is 367 Å². The maximum absolute atomic E-state index is 11.2. The van der Waals surface area contributed by atoms with Gasteiger partial charge in [0.05, 0.1) is 13.1 Å². The molecule has 1 heterocycles. The van der Waals surface area contributed by atoms with Crippen LogP contribution in [0.25, 0.3) is 58.3 Å². The summed E-state index contributed by atoms with van der Waals surface area (Å²) in [5.74, 6) is -2.49. The molecule has 0 aliphatic carbocycles. The predicted octanol–water partition coefficient (Wildman–Crippen LogP) is 14.5. The van der Waals surface area contributed by atoms with E-state index < -0.39 is 11.9 Å². The monoisotopic (exact) mass is 831 g/mol. The fraction of sp³-hybridized carbons (Fsp3) is 0.111. The first-order valence-electron chi connectivity index (χ1n) is 20.3. The molecule has 2 N–H and O–H groups in total. The van der Waals surface area contributed by atoms with E-state index in [0.717, 1.165) is 51.3 Å². The Balaban J connectivity index is 1.21. The molecule has 0 saturated carbocycles. The topological polar surface area (TPSA) is 86.6 Å². The Kier molecular flexibility index (Phi) is 15.5. The molecule has 0 atom stereocenters. The van der Waals surface area contributed by atoms with E-state index in [1.807, 2.05) is 59.9 Å². The van der Waals surface area contributed by atoms with Crippen LogP contribution in [0.15, 0.2) is 145 Å². The van der Waals surface area contributed by atoms with Gasteiger partial charge in [-0.15, -0.1) is 11.3 Å². The highest BCUT2D eigenvalue weighted by Gasteiger charge is 2.13. The summed E-state index contributed by atoms with van der Waals surface area (Å²) in [4.78, 5) is 33.5. The third kappa shape index (κ3) is 12.6. The van der Waals surface area contributed by atoms with Crippen molar-refractivity contribution in [3.8, 4) is 0 Å². The maximum atomic E-state index is 11.2. The number of hydrogen-bond acceptors (Lipinski definition) is 4. The van der Waals surface area contributed by atoms with Crippen LogP contribution >= 0.6 is 11.3 Å². The van der Waals surface area contributed by atoms with Crippen LogP contribution in [0.2, 0.25) is 0 Å². The number of thiophene rings is 1. The van der Waals surface area contributed by atoms with E-state index in [4.69, 9.17) is 23.4 Å². The number of nitrogens with zero attached hydrogens (tertiary/aromatic N) is 3. The standard InChI is InChI=1S/C54H45N3O4S/c1-4-5-6-7-8-49-35-36-50(62-49)34-27-43-25-32-48(33-26-43)57(46-28-21-41(22-29-46)11-9-39-13-17-44(18-14-39)37-51(55-2)53(58)59)47-30-23-42(24-31-47)12-10-40-15-19-45(20-16-40)38-52(56-3)54(60)61/h9-38H,4-8H2,1H3,(H,58,59)(H,60,61)/b11-9+,12-10+,34-27+,51-37-,52-38-. The number of aliphatic carboxylic acids is 2. The highest BCUT2D eigenvalue weighted by molar-refractivity contribution is 7.12. The number of carbonyl (C=O) groups is 2. The van der Waals surface area contributed by atoms with Gasteiger partial charge in [-0.2, -0.15) is 0 Å². The van der Waals surface area contributed by atoms with E-state index in [1.54, 1.807) is 24.3 Å². The van der Waals surface area contributed by atoms with Crippen LogP contribution in [0.1, 0.15) is 81.3 Å². The molecular weight excluding hydrogens is 787 g/mol. The molecule has 0 spiro atoms. The lowest BCUT2D eigenvalue weighted by Gasteiger charge is -2.26. The Bertz CT molecular complexity index is 2570. The number of unbranched alkanes of at least 4 members (excludes halogenated alkanes) is 3. The minimum absolute atomic E-state index is 0.328. The van der Waals surface area contributed by atoms with Gasteiger partial charge in [0.1, 0.15) is 0 Å². The van der Waals surface area contributed by atoms with Crippen molar-refractivity contribution in [1.29, 1.82) is 0 Å². The maximum Gasteiger partial charge on any atom is 0.333 e. The summed E-state index contributed by atoms with van der Waals surface area (Å²) in [7, 11) is 0. The number of carboxylic acid groups (broad SMARTS) is 2. The van der Waals surface area contributed by atoms with Crippen molar-refractivity contribution in [2.45, 2.75) is 39.0 Å².